The first-order valence-corrected chi connectivity index (χ1v) is 7.18. The van der Waals surface area contributed by atoms with Gasteiger partial charge in [0.05, 0.1) is 0 Å². The molecule has 0 radical (unpaired) electrons. The highest BCUT2D eigenvalue weighted by Crippen LogP contribution is 2.42. The fraction of sp³-hybridized carbons (Fsp3) is 0.600. The third-order valence-electron chi connectivity index (χ3n) is 4.22. The van der Waals surface area contributed by atoms with E-state index in [1.807, 2.05) is 6.07 Å². The van der Waals surface area contributed by atoms with Crippen molar-refractivity contribution in [2.75, 3.05) is 26.2 Å². The van der Waals surface area contributed by atoms with E-state index in [0.29, 0.717) is 0 Å². The fourth-order valence-corrected chi connectivity index (χ4v) is 2.94. The molecule has 0 spiro atoms. The van der Waals surface area contributed by atoms with Gasteiger partial charge in [0.1, 0.15) is 0 Å². The molecule has 21 heavy (non-hydrogen) atoms. The molecule has 1 atom stereocenters. The summed E-state index contributed by atoms with van der Waals surface area (Å²) in [5, 5.41) is 13.4. The molecule has 2 N–H and O–H groups in total. The number of nitrogens with one attached hydrogen (secondary N) is 1. The summed E-state index contributed by atoms with van der Waals surface area (Å²) in [6.07, 6.45) is 3.59. The molecule has 1 aromatic carbocycles. The van der Waals surface area contributed by atoms with Crippen molar-refractivity contribution >= 4 is 24.8 Å². The Labute approximate surface area is 137 Å². The zero-order valence-electron chi connectivity index (χ0n) is 11.9. The van der Waals surface area contributed by atoms with Crippen LogP contribution in [0.5, 0.6) is 5.75 Å². The van der Waals surface area contributed by atoms with E-state index in [1.165, 1.54) is 18.9 Å². The standard InChI is InChI=1S/C15H21FN2O.2ClH/c16-13-3-1-2-12(15(13)19)14(10-11-4-5-11)18-8-6-17-7-9-18;;/h1-3,11,14,17,19H,4-10H2;2*1H/t14-;;/m1../s1. The van der Waals surface area contributed by atoms with Gasteiger partial charge in [-0.15, -0.1) is 24.8 Å². The third-order valence-corrected chi connectivity index (χ3v) is 4.22. The number of halogens is 3. The number of phenolic OH excluding ortho intramolecular Hbond substituents is 1. The molecule has 120 valence electrons. The molecule has 1 saturated heterocycles. The number of rotatable bonds is 4. The molecule has 0 aromatic heterocycles. The van der Waals surface area contributed by atoms with Crippen molar-refractivity contribution < 1.29 is 9.50 Å². The highest BCUT2D eigenvalue weighted by molar-refractivity contribution is 5.85. The van der Waals surface area contributed by atoms with Crippen LogP contribution in [-0.4, -0.2) is 36.2 Å². The van der Waals surface area contributed by atoms with Gasteiger partial charge in [0.2, 0.25) is 0 Å². The van der Waals surface area contributed by atoms with Crippen LogP contribution in [0.2, 0.25) is 0 Å². The van der Waals surface area contributed by atoms with E-state index in [0.717, 1.165) is 44.1 Å². The van der Waals surface area contributed by atoms with Crippen molar-refractivity contribution in [2.45, 2.75) is 25.3 Å². The van der Waals surface area contributed by atoms with Crippen molar-refractivity contribution in [1.29, 1.82) is 0 Å². The van der Waals surface area contributed by atoms with E-state index < -0.39 is 5.82 Å². The molecule has 1 aliphatic heterocycles. The van der Waals surface area contributed by atoms with E-state index >= 15 is 0 Å². The Morgan fingerprint density at radius 1 is 1.24 bits per heavy atom. The van der Waals surface area contributed by atoms with E-state index in [9.17, 15) is 9.50 Å². The number of benzene rings is 1. The number of phenols is 1. The van der Waals surface area contributed by atoms with Gasteiger partial charge in [-0.05, 0) is 18.4 Å². The lowest BCUT2D eigenvalue weighted by molar-refractivity contribution is 0.157. The maximum Gasteiger partial charge on any atom is 0.165 e. The van der Waals surface area contributed by atoms with Crippen LogP contribution in [0.1, 0.15) is 30.9 Å². The van der Waals surface area contributed by atoms with Crippen molar-refractivity contribution in [2.24, 2.45) is 5.92 Å². The summed E-state index contributed by atoms with van der Waals surface area (Å²) >= 11 is 0. The molecule has 0 unspecified atom stereocenters. The summed E-state index contributed by atoms with van der Waals surface area (Å²) < 4.78 is 13.6. The Balaban J connectivity index is 0.00000110. The molecule has 0 amide bonds. The lowest BCUT2D eigenvalue weighted by Crippen LogP contribution is -2.45. The largest absolute Gasteiger partial charge is 0.505 e. The molecule has 0 bridgehead atoms. The molecule has 6 heteroatoms. The summed E-state index contributed by atoms with van der Waals surface area (Å²) in [7, 11) is 0. The summed E-state index contributed by atoms with van der Waals surface area (Å²) in [6, 6.07) is 5.05. The van der Waals surface area contributed by atoms with Crippen LogP contribution in [0.15, 0.2) is 18.2 Å². The van der Waals surface area contributed by atoms with Gasteiger partial charge in [-0.1, -0.05) is 25.0 Å². The van der Waals surface area contributed by atoms with Gasteiger partial charge >= 0.3 is 0 Å². The number of nitrogens with zero attached hydrogens (tertiary/aromatic N) is 1. The van der Waals surface area contributed by atoms with Crippen LogP contribution in [0.3, 0.4) is 0 Å². The minimum absolute atomic E-state index is 0. The first kappa shape index (κ1) is 18.5. The van der Waals surface area contributed by atoms with Crippen molar-refractivity contribution in [1.82, 2.24) is 10.2 Å². The van der Waals surface area contributed by atoms with Gasteiger partial charge < -0.3 is 10.4 Å². The van der Waals surface area contributed by atoms with E-state index in [1.54, 1.807) is 6.07 Å². The Morgan fingerprint density at radius 3 is 2.52 bits per heavy atom. The summed E-state index contributed by atoms with van der Waals surface area (Å²) in [6.45, 7) is 3.87. The van der Waals surface area contributed by atoms with E-state index in [2.05, 4.69) is 10.2 Å². The first-order chi connectivity index (χ1) is 9.25. The Bertz CT molecular complexity index is 451. The van der Waals surface area contributed by atoms with Crippen molar-refractivity contribution in [3.05, 3.63) is 29.6 Å². The third kappa shape index (κ3) is 4.46. The maximum absolute atomic E-state index is 13.6. The van der Waals surface area contributed by atoms with E-state index in [-0.39, 0.29) is 36.6 Å². The molecule has 1 heterocycles. The minimum atomic E-state index is -0.506. The zero-order valence-corrected chi connectivity index (χ0v) is 13.6. The molecule has 1 aromatic rings. The van der Waals surface area contributed by atoms with Crippen molar-refractivity contribution in [3.63, 3.8) is 0 Å². The molecule has 1 saturated carbocycles. The van der Waals surface area contributed by atoms with Gasteiger partial charge in [-0.3, -0.25) is 4.90 Å². The van der Waals surface area contributed by atoms with Gasteiger partial charge in [-0.2, -0.15) is 0 Å². The predicted octanol–water partition coefficient (Wildman–Crippen LogP) is 3.12. The normalized spacial score (nSPS) is 20.2. The SMILES string of the molecule is Cl.Cl.Oc1c(F)cccc1[C@@H](CC1CC1)N1CCNCC1. The number of aromatic hydroxyl groups is 1. The number of hydrogen-bond donors (Lipinski definition) is 2. The Hall–Kier alpha value is -0.550. The Kier molecular flexibility index (Phi) is 7.21. The summed E-state index contributed by atoms with van der Waals surface area (Å²) in [5.41, 5.74) is 0.758. The average molecular weight is 337 g/mol. The molecular weight excluding hydrogens is 314 g/mol. The zero-order chi connectivity index (χ0) is 13.2. The first-order valence-electron chi connectivity index (χ1n) is 7.18. The molecule has 1 aliphatic carbocycles. The highest BCUT2D eigenvalue weighted by Gasteiger charge is 2.32. The molecule has 2 fully saturated rings. The number of piperazine rings is 1. The highest BCUT2D eigenvalue weighted by atomic mass is 35.5. The van der Waals surface area contributed by atoms with Crippen LogP contribution >= 0.6 is 24.8 Å². The molecule has 3 rings (SSSR count). The van der Waals surface area contributed by atoms with Gasteiger partial charge in [-0.25, -0.2) is 4.39 Å². The van der Waals surface area contributed by atoms with Gasteiger partial charge in [0, 0.05) is 37.8 Å². The fourth-order valence-electron chi connectivity index (χ4n) is 2.94. The second-order valence-corrected chi connectivity index (χ2v) is 5.66. The summed E-state index contributed by atoms with van der Waals surface area (Å²) in [5.74, 6) is 0.0858. The van der Waals surface area contributed by atoms with Gasteiger partial charge in [0.25, 0.3) is 0 Å². The summed E-state index contributed by atoms with van der Waals surface area (Å²) in [4.78, 5) is 2.38. The maximum atomic E-state index is 13.6. The molecule has 3 nitrogen and oxygen atoms in total. The minimum Gasteiger partial charge on any atom is -0.505 e. The van der Waals surface area contributed by atoms with Crippen LogP contribution in [0, 0.1) is 11.7 Å². The number of para-hydroxylation sites is 1. The average Bonchev–Trinajstić information content (AvgIpc) is 3.25. The van der Waals surface area contributed by atoms with Crippen LogP contribution in [-0.2, 0) is 0 Å². The van der Waals surface area contributed by atoms with E-state index in [4.69, 9.17) is 0 Å². The lowest BCUT2D eigenvalue weighted by atomic mass is 9.97. The smallest absolute Gasteiger partial charge is 0.165 e. The monoisotopic (exact) mass is 336 g/mol. The topological polar surface area (TPSA) is 35.5 Å². The van der Waals surface area contributed by atoms with Crippen LogP contribution < -0.4 is 5.32 Å². The second kappa shape index (κ2) is 8.18. The van der Waals surface area contributed by atoms with Crippen molar-refractivity contribution in [3.8, 4) is 5.75 Å². The van der Waals surface area contributed by atoms with Crippen LogP contribution in [0.25, 0.3) is 0 Å². The molecular formula is C15H23Cl2FN2O. The van der Waals surface area contributed by atoms with Gasteiger partial charge in [0.15, 0.2) is 11.6 Å². The molecule has 2 aliphatic rings. The van der Waals surface area contributed by atoms with Crippen LogP contribution in [0.4, 0.5) is 4.39 Å². The number of hydrogen-bond acceptors (Lipinski definition) is 3. The second-order valence-electron chi connectivity index (χ2n) is 5.66. The Morgan fingerprint density at radius 2 is 1.90 bits per heavy atom. The lowest BCUT2D eigenvalue weighted by Gasteiger charge is -2.35. The quantitative estimate of drug-likeness (QED) is 0.886. The predicted molar refractivity (Wildman–Crippen MR) is 87.1 cm³/mol.